The van der Waals surface area contributed by atoms with Gasteiger partial charge in [-0.25, -0.2) is 0 Å². The molecule has 0 fully saturated rings. The molecule has 0 spiro atoms. The number of hydrogen-bond acceptors (Lipinski definition) is 5. The van der Waals surface area contributed by atoms with Crippen LogP contribution >= 0.6 is 0 Å². The van der Waals surface area contributed by atoms with Crippen LogP contribution in [0.1, 0.15) is 40.2 Å². The minimum Gasteiger partial charge on any atom is -0.357 e. The molecule has 0 aliphatic carbocycles. The van der Waals surface area contributed by atoms with Crippen LogP contribution in [0.2, 0.25) is 0 Å². The molecule has 0 aliphatic rings. The Labute approximate surface area is 134 Å². The third-order valence-corrected chi connectivity index (χ3v) is 2.54. The van der Waals surface area contributed by atoms with E-state index in [9.17, 15) is 0 Å². The van der Waals surface area contributed by atoms with E-state index in [4.69, 9.17) is 23.6 Å². The van der Waals surface area contributed by atoms with Crippen molar-refractivity contribution in [2.75, 3.05) is 13.1 Å². The van der Waals surface area contributed by atoms with Gasteiger partial charge in [0.1, 0.15) is 5.84 Å². The standard InChI is InChI=1S/C15H24N2.ClHO4/c1-6-17(7-2)14(16-15(3,4)5)13-11-9-8-10-12-13;2-1(3,4)5/h8-12H,6-7H2,1-5H3;(H,2,3,4,5). The number of rotatable bonds is 3. The molecule has 0 saturated carbocycles. The predicted octanol–water partition coefficient (Wildman–Crippen LogP) is -0.550. The number of hydrogen-bond donors (Lipinski definition) is 1. The normalized spacial score (nSPS) is 12.5. The number of benzene rings is 1. The molecule has 1 aromatic rings. The van der Waals surface area contributed by atoms with Gasteiger partial charge in [0.2, 0.25) is 0 Å². The highest BCUT2D eigenvalue weighted by Crippen LogP contribution is 2.13. The lowest BCUT2D eigenvalue weighted by Gasteiger charge is -2.26. The number of aliphatic imine (C=N–C) groups is 1. The molecule has 1 aromatic carbocycles. The van der Waals surface area contributed by atoms with Crippen molar-refractivity contribution in [3.63, 3.8) is 0 Å². The Morgan fingerprint density at radius 1 is 1.09 bits per heavy atom. The topological polar surface area (TPSA) is 105 Å². The van der Waals surface area contributed by atoms with Gasteiger partial charge in [-0.05, 0) is 34.6 Å². The third kappa shape index (κ3) is 10.5. The van der Waals surface area contributed by atoms with E-state index in [1.165, 1.54) is 5.56 Å². The van der Waals surface area contributed by atoms with Crippen molar-refractivity contribution in [3.8, 4) is 0 Å². The van der Waals surface area contributed by atoms with Crippen molar-refractivity contribution < 1.29 is 28.9 Å². The Bertz CT molecular complexity index is 443. The Morgan fingerprint density at radius 3 is 1.82 bits per heavy atom. The van der Waals surface area contributed by atoms with E-state index < -0.39 is 10.2 Å². The fourth-order valence-corrected chi connectivity index (χ4v) is 1.75. The van der Waals surface area contributed by atoms with Crippen LogP contribution in [0.4, 0.5) is 0 Å². The smallest absolute Gasteiger partial charge is 0.131 e. The van der Waals surface area contributed by atoms with Crippen LogP contribution in [-0.2, 0) is 0 Å². The van der Waals surface area contributed by atoms with Crippen molar-refractivity contribution in [1.29, 1.82) is 0 Å². The van der Waals surface area contributed by atoms with Crippen molar-refractivity contribution in [2.45, 2.75) is 40.2 Å². The zero-order valence-electron chi connectivity index (χ0n) is 13.7. The molecule has 0 heterocycles. The maximum Gasteiger partial charge on any atom is 0.131 e. The molecule has 0 saturated heterocycles. The Morgan fingerprint density at radius 2 is 1.50 bits per heavy atom. The largest absolute Gasteiger partial charge is 0.357 e. The maximum absolute atomic E-state index is 8.60. The number of amidine groups is 1. The summed E-state index contributed by atoms with van der Waals surface area (Å²) < 4.78 is 32.7. The van der Waals surface area contributed by atoms with E-state index in [1.54, 1.807) is 0 Å². The zero-order valence-corrected chi connectivity index (χ0v) is 14.5. The van der Waals surface area contributed by atoms with Gasteiger partial charge < -0.3 is 4.90 Å². The highest BCUT2D eigenvalue weighted by molar-refractivity contribution is 5.99. The Kier molecular flexibility index (Phi) is 8.58. The van der Waals surface area contributed by atoms with Gasteiger partial charge in [0, 0.05) is 18.7 Å². The Balaban J connectivity index is 0.000000763. The summed E-state index contributed by atoms with van der Waals surface area (Å²) in [5, 5.41) is 0. The summed E-state index contributed by atoms with van der Waals surface area (Å²) in [6.45, 7) is 12.7. The number of halogens is 1. The van der Waals surface area contributed by atoms with E-state index in [1.807, 2.05) is 6.07 Å². The molecule has 7 heteroatoms. The molecule has 0 atom stereocenters. The first-order chi connectivity index (χ1) is 9.98. The molecule has 126 valence electrons. The highest BCUT2D eigenvalue weighted by Gasteiger charge is 2.15. The van der Waals surface area contributed by atoms with Gasteiger partial charge in [0.15, 0.2) is 0 Å². The van der Waals surface area contributed by atoms with Gasteiger partial charge in [-0.3, -0.25) is 4.99 Å². The van der Waals surface area contributed by atoms with Gasteiger partial charge >= 0.3 is 0 Å². The van der Waals surface area contributed by atoms with Crippen molar-refractivity contribution in [2.24, 2.45) is 4.99 Å². The molecule has 6 nitrogen and oxygen atoms in total. The molecule has 1 rings (SSSR count). The summed E-state index contributed by atoms with van der Waals surface area (Å²) >= 11 is 0. The van der Waals surface area contributed by atoms with E-state index >= 15 is 0 Å². The lowest BCUT2D eigenvalue weighted by molar-refractivity contribution is -1.92. The molecule has 0 bridgehead atoms. The average molecular weight is 333 g/mol. The van der Waals surface area contributed by atoms with E-state index in [0.29, 0.717) is 0 Å². The first-order valence-electron chi connectivity index (χ1n) is 7.01. The summed E-state index contributed by atoms with van der Waals surface area (Å²) in [6, 6.07) is 10.4. The molecule has 0 aromatic heterocycles. The molecule has 1 N–H and O–H groups in total. The summed E-state index contributed by atoms with van der Waals surface area (Å²) in [5.41, 5.74) is 1.15. The van der Waals surface area contributed by atoms with Gasteiger partial charge in [0.05, 0.1) is 20.4 Å². The summed E-state index contributed by atoms with van der Waals surface area (Å²) in [6.07, 6.45) is 0. The molecule has 0 aliphatic heterocycles. The fraction of sp³-hybridized carbons (Fsp3) is 0.533. The van der Waals surface area contributed by atoms with Gasteiger partial charge in [-0.15, -0.1) is 0 Å². The van der Waals surface area contributed by atoms with E-state index in [0.717, 1.165) is 18.9 Å². The van der Waals surface area contributed by atoms with Crippen LogP contribution in [0.25, 0.3) is 0 Å². The van der Waals surface area contributed by atoms with Gasteiger partial charge in [-0.2, -0.15) is 14.0 Å². The summed E-state index contributed by atoms with van der Waals surface area (Å²) in [4.78, 5) is 7.17. The Hall–Kier alpha value is -1.18. The molecular formula is C15H25ClN2O4. The van der Waals surface area contributed by atoms with Gasteiger partial charge in [-0.1, -0.05) is 30.3 Å². The zero-order chi connectivity index (χ0) is 17.4. The second-order valence-corrected chi connectivity index (χ2v) is 6.33. The monoisotopic (exact) mass is 332 g/mol. The first-order valence-corrected chi connectivity index (χ1v) is 8.27. The SMILES string of the molecule is CCN(CC)C(=NC(C)(C)C)c1ccccc1.[O-][Cl+3]([O-])([O-])O. The highest BCUT2D eigenvalue weighted by atomic mass is 35.7. The second-order valence-electron chi connectivity index (χ2n) is 5.54. The summed E-state index contributed by atoms with van der Waals surface area (Å²) in [5.74, 6) is 1.10. The van der Waals surface area contributed by atoms with Crippen LogP contribution in [0.15, 0.2) is 35.3 Å². The average Bonchev–Trinajstić information content (AvgIpc) is 2.36. The van der Waals surface area contributed by atoms with Crippen LogP contribution in [0.5, 0.6) is 0 Å². The lowest BCUT2D eigenvalue weighted by atomic mass is 10.1. The van der Waals surface area contributed by atoms with Crippen molar-refractivity contribution in [1.82, 2.24) is 4.90 Å². The quantitative estimate of drug-likeness (QED) is 0.590. The van der Waals surface area contributed by atoms with Crippen molar-refractivity contribution >= 4 is 5.84 Å². The van der Waals surface area contributed by atoms with Gasteiger partial charge in [0.25, 0.3) is 0 Å². The predicted molar refractivity (Wildman–Crippen MR) is 77.9 cm³/mol. The van der Waals surface area contributed by atoms with Crippen LogP contribution in [-0.4, -0.2) is 34.0 Å². The molecule has 0 unspecified atom stereocenters. The molecule has 22 heavy (non-hydrogen) atoms. The van der Waals surface area contributed by atoms with Crippen LogP contribution in [0, 0.1) is 10.2 Å². The summed E-state index contributed by atoms with van der Waals surface area (Å²) in [7, 11) is -4.69. The molecule has 0 amide bonds. The van der Waals surface area contributed by atoms with E-state index in [2.05, 4.69) is 63.8 Å². The maximum atomic E-state index is 8.60. The van der Waals surface area contributed by atoms with Crippen LogP contribution in [0.3, 0.4) is 0 Å². The fourth-order valence-electron chi connectivity index (χ4n) is 1.75. The second kappa shape index (κ2) is 9.07. The molecular weight excluding hydrogens is 308 g/mol. The molecule has 0 radical (unpaired) electrons. The lowest BCUT2D eigenvalue weighted by Crippen LogP contribution is -2.58. The van der Waals surface area contributed by atoms with Crippen LogP contribution < -0.4 is 14.0 Å². The minimum atomic E-state index is -4.69. The third-order valence-electron chi connectivity index (χ3n) is 2.54. The first kappa shape index (κ1) is 20.8. The number of nitrogens with zero attached hydrogens (tertiary/aromatic N) is 2. The van der Waals surface area contributed by atoms with E-state index in [-0.39, 0.29) is 5.54 Å². The minimum absolute atomic E-state index is 0.0479. The van der Waals surface area contributed by atoms with Crippen molar-refractivity contribution in [3.05, 3.63) is 35.9 Å².